The Hall–Kier alpha value is -7.42. The lowest BCUT2D eigenvalue weighted by Gasteiger charge is -2.40. The monoisotopic (exact) mass is 1950 g/mol. The van der Waals surface area contributed by atoms with E-state index in [2.05, 4.69) is 0 Å². The van der Waals surface area contributed by atoms with E-state index in [9.17, 15) is 71.5 Å². The van der Waals surface area contributed by atoms with Gasteiger partial charge >= 0.3 is 0 Å². The maximum atomic E-state index is 11.8. The Morgan fingerprint density at radius 1 is 0.218 bits per heavy atom. The second-order valence-corrected chi connectivity index (χ2v) is 29.3. The van der Waals surface area contributed by atoms with Crippen LogP contribution in [-0.2, 0) is 0 Å². The average Bonchev–Trinajstić information content (AvgIpc) is 0.637. The van der Waals surface area contributed by atoms with Crippen molar-refractivity contribution in [3.05, 3.63) is 209 Å². The van der Waals surface area contributed by atoms with Crippen LogP contribution in [0, 0.1) is 0 Å². The predicted octanol–water partition coefficient (Wildman–Crippen LogP) is 19.1. The van der Waals surface area contributed by atoms with Gasteiger partial charge in [0.15, 0.2) is 0 Å². The van der Waals surface area contributed by atoms with Crippen molar-refractivity contribution in [2.24, 2.45) is 0 Å². The van der Waals surface area contributed by atoms with Gasteiger partial charge in [0.25, 0.3) is 0 Å². The topological polar surface area (TPSA) is 306 Å². The minimum Gasteiger partial charge on any atom is -0.508 e. The summed E-state index contributed by atoms with van der Waals surface area (Å²) in [5.74, 6) is -22.1. The van der Waals surface area contributed by atoms with Gasteiger partial charge in [-0.1, -0.05) is 219 Å². The molecule has 133 heavy (non-hydrogen) atoms. The second kappa shape index (κ2) is 53.5. The van der Waals surface area contributed by atoms with Gasteiger partial charge in [-0.05, 0) is 311 Å². The molecular formula is C112H175N7O14. The third kappa shape index (κ3) is 35.2. The number of phenols is 7. The molecule has 21 nitrogen and oxygen atoms in total. The Morgan fingerprint density at radius 3 is 0.609 bits per heavy atom. The van der Waals surface area contributed by atoms with Crippen molar-refractivity contribution in [2.75, 3.05) is 144 Å². The van der Waals surface area contributed by atoms with Crippen LogP contribution >= 0.6 is 0 Å². The van der Waals surface area contributed by atoms with E-state index in [0.717, 1.165) is 189 Å². The predicted molar refractivity (Wildman–Crippen MR) is 542 cm³/mol. The van der Waals surface area contributed by atoms with Gasteiger partial charge in [0.2, 0.25) is 0 Å². The molecule has 7 unspecified atom stereocenters. The number of likely N-dealkylation sites (N-methyl/N-ethyl adjacent to an activating group) is 7. The molecule has 0 amide bonds. The minimum absolute atomic E-state index is 0.0794. The van der Waals surface area contributed by atoms with E-state index in [1.165, 1.54) is 33.1 Å². The van der Waals surface area contributed by atoms with Crippen molar-refractivity contribution in [3.8, 4) is 40.2 Å². The van der Waals surface area contributed by atoms with Crippen molar-refractivity contribution < 1.29 is 213 Å². The van der Waals surface area contributed by atoms with Crippen LogP contribution in [0.15, 0.2) is 170 Å². The summed E-state index contributed by atoms with van der Waals surface area (Å²) in [4.78, 5) is 1.63. The molecule has 0 bridgehead atoms. The number of aliphatic hydroxyl groups is 7. The highest BCUT2D eigenvalue weighted by Crippen LogP contribution is 2.48. The van der Waals surface area contributed by atoms with Crippen LogP contribution in [0.2, 0.25) is 0 Å². The van der Waals surface area contributed by atoms with Crippen LogP contribution < -0.4 is 0 Å². The van der Waals surface area contributed by atoms with Crippen LogP contribution in [-0.4, -0.2) is 289 Å². The molecule has 0 spiro atoms. The maximum absolute atomic E-state index is 11.8. The Labute approximate surface area is 944 Å². The number of phenolic OH excluding ortho intramolecular Hbond substituents is 7. The maximum Gasteiger partial charge on any atom is 0.115 e. The first-order valence-corrected chi connectivity index (χ1v) is 38.9. The fourth-order valence-electron chi connectivity index (χ4n) is 12.4. The molecule has 7 atom stereocenters. The molecule has 14 rings (SSSR count). The van der Waals surface area contributed by atoms with Gasteiger partial charge in [-0.25, -0.2) is 0 Å². The van der Waals surface area contributed by atoms with Gasteiger partial charge in [0.1, 0.15) is 40.2 Å². The molecule has 21 heteroatoms. The van der Waals surface area contributed by atoms with Crippen LogP contribution in [0.25, 0.3) is 0 Å². The zero-order chi connectivity index (χ0) is 188. The van der Waals surface area contributed by atoms with Crippen LogP contribution in [0.4, 0.5) is 0 Å². The largest absolute Gasteiger partial charge is 0.508 e. The molecule has 0 aromatic heterocycles. The summed E-state index contributed by atoms with van der Waals surface area (Å²) < 4.78 is 834. The smallest absolute Gasteiger partial charge is 0.115 e. The lowest BCUT2D eigenvalue weighted by atomic mass is 9.72. The molecule has 0 saturated heterocycles. The van der Waals surface area contributed by atoms with Gasteiger partial charge in [0.05, 0.1) is 39.2 Å². The van der Waals surface area contributed by atoms with Crippen molar-refractivity contribution in [1.29, 1.82) is 0 Å². The SMILES string of the molecule is [2H]C(CN(C)C)(c1ccc(O)cc1)C1(O)C([2H])([2H])C([2H])([2H])C([2H])([2H])C([2H])([2H])C1([2H])[2H].[2H]C([2H])(C(c1ccc(O)cc1)C1(O)C([2H])([2H])C([2H])([2H])C([2H])([2H])C([2H])([2H])C1([2H])[2H])N(C)C.[2H]C([2H])([2H])N(C([2H])([2H])[2H])C([2H])([2H])C(c1ccc(O)cc1)C1(O)C([2H])([2H])C([2H])([2H])C([2H])([2H])C([2H])([2H])C1([2H])[2H].[2H]C([2H])([2H])N(C)C([2H])([2H])C(c1ccc(O)cc1)C1(O)C([2H])([2H])C([2H])([2H])C([2H])([2H])C([2H])([2H])C1([2H])[2H].[2H]C([2H])([2H])N(C)CC([2H])(c1ccc(O)cc1)C1(O)C([2H])([2H])C([2H])([2H])C([2H])([2H])C([2H])([2H])C1([2H])[2H].[2H]C([2H])([2H])N(CC([2H])(c1ccc(O)cc1)C1(O)C([2H])([2H])C([2H])([2H])C([2H])([2H])C([2H])([2H])C1([2H])[2H])C([2H])([2H])[2H].[2H]C([2H])([2H])N(CC(c1ccc(O)cc1)C1(O)C([2H])([2H])C([2H])([2H])C([2H])([2H])C([2H])([2H])C1([2H])[2H])C([2H])([2H])[2H]. The first-order valence-electron chi connectivity index (χ1n) is 90.4. The summed E-state index contributed by atoms with van der Waals surface area (Å²) in [5, 5.41) is 149. The third-order valence-corrected chi connectivity index (χ3v) is 18.6. The Bertz CT molecular complexity index is 9100. The van der Waals surface area contributed by atoms with Gasteiger partial charge in [-0.3, -0.25) is 0 Å². The molecule has 7 aromatic carbocycles. The molecular weight excluding hydrogens is 1670 g/mol. The van der Waals surface area contributed by atoms with Crippen molar-refractivity contribution in [1.82, 2.24) is 34.3 Å². The fraction of sp³-hybridized carbons (Fsp3) is 0.625. The Kier molecular flexibility index (Phi) is 14.1. The van der Waals surface area contributed by atoms with E-state index in [1.54, 1.807) is 0 Å². The van der Waals surface area contributed by atoms with Gasteiger partial charge in [0, 0.05) is 228 Å². The number of benzene rings is 7. The van der Waals surface area contributed by atoms with Crippen molar-refractivity contribution in [2.45, 2.75) is 304 Å². The summed E-state index contributed by atoms with van der Waals surface area (Å²) in [7, 11) is 7.03. The lowest BCUT2D eigenvalue weighted by molar-refractivity contribution is -0.0280. The highest BCUT2D eigenvalue weighted by atomic mass is 16.3. The molecule has 0 radical (unpaired) electrons. The Balaban J connectivity index is 0.000000325. The van der Waals surface area contributed by atoms with E-state index in [-0.39, 0.29) is 60.1 Å². The summed E-state index contributed by atoms with van der Waals surface area (Å²) in [6.45, 7) is -42.7. The highest BCUT2D eigenvalue weighted by Gasteiger charge is 2.46. The number of rotatable bonds is 28. The molecule has 0 aliphatic heterocycles. The average molecular weight is 1950 g/mol. The number of hydrogen-bond donors (Lipinski definition) is 14. The van der Waals surface area contributed by atoms with Gasteiger partial charge in [-0.2, -0.15) is 0 Å². The zero-order valence-corrected chi connectivity index (χ0v) is 71.7. The molecule has 0 heterocycles. The Morgan fingerprint density at radius 2 is 0.391 bits per heavy atom. The normalized spacial score (nSPS) is 46.9. The number of hydrogen-bond acceptors (Lipinski definition) is 21. The number of nitrogens with zero attached hydrogens (tertiary/aromatic N) is 7. The molecule has 742 valence electrons. The molecule has 7 aliphatic carbocycles. The van der Waals surface area contributed by atoms with E-state index < -0.39 is 444 Å². The first-order chi connectivity index (χ1) is 103. The van der Waals surface area contributed by atoms with E-state index in [4.69, 9.17) is 141 Å². The molecule has 7 saturated carbocycles. The molecule has 7 aliphatic rings. The molecule has 7 aromatic rings. The van der Waals surface area contributed by atoms with Crippen LogP contribution in [0.3, 0.4) is 0 Å². The zero-order valence-electron chi connectivity index (χ0n) is 175. The van der Waals surface area contributed by atoms with E-state index in [1.807, 2.05) is 0 Å². The van der Waals surface area contributed by atoms with E-state index in [0.29, 0.717) is 4.90 Å². The first kappa shape index (κ1) is 35.1. The lowest BCUT2D eigenvalue weighted by Crippen LogP contribution is -2.42. The number of aromatic hydroxyl groups is 7. The summed E-state index contributed by atoms with van der Waals surface area (Å²) in [6, 6.07) is 26.9. The quantitative estimate of drug-likeness (QED) is 0.0217. The summed E-state index contributed by atoms with van der Waals surface area (Å²) >= 11 is 0. The second-order valence-electron chi connectivity index (χ2n) is 29.3. The standard InChI is InChI=1S/7C16H25NO2/c7*1-17(2)12-15(13-6-8-14(18)9-7-13)16(19)10-4-3-5-11-16/h7*6-9,15,18-19H,3-5,10-12H2,1-2H3/i1D3,2D3,3D2,4D2,5D2,10D2,11D2,15D;1D3,2D3,3D2,4D2,5D2,10D2,11D2,12D2;1D3,3D2,4D2,5D2,10D2,11D2,15D;1D3,3D2,4D2,5D2,10D2,11D2,12D2;1D3,2D3,3D2,4D2,5D2,10D2,11D2;3D2,4D2,5D2,10D2,11D2,15D;3D2,4D2,5D2,10D2,11D2,12D2. The van der Waals surface area contributed by atoms with Crippen molar-refractivity contribution >= 4 is 0 Å². The van der Waals surface area contributed by atoms with Crippen LogP contribution in [0.5, 0.6) is 40.2 Å². The molecule has 7 fully saturated rings. The van der Waals surface area contributed by atoms with Crippen molar-refractivity contribution in [3.63, 3.8) is 0 Å². The van der Waals surface area contributed by atoms with Crippen LogP contribution in [0.1, 0.15) is 445 Å². The summed E-state index contributed by atoms with van der Waals surface area (Å²) in [6.07, 6.45) is -137. The van der Waals surface area contributed by atoms with E-state index >= 15 is 0 Å². The van der Waals surface area contributed by atoms with Gasteiger partial charge < -0.3 is 106 Å². The fourth-order valence-corrected chi connectivity index (χ4v) is 12.4. The summed E-state index contributed by atoms with van der Waals surface area (Å²) in [5.41, 5.74) is -31.1. The highest BCUT2D eigenvalue weighted by molar-refractivity contribution is 5.37. The minimum atomic E-state index is -4.31. The molecule has 14 N–H and O–H groups in total. The third-order valence-electron chi connectivity index (χ3n) is 18.6. The van der Waals surface area contributed by atoms with Gasteiger partial charge in [-0.15, -0.1) is 0 Å².